The van der Waals surface area contributed by atoms with Gasteiger partial charge in [-0.05, 0) is 6.07 Å². The number of benzene rings is 1. The topological polar surface area (TPSA) is 87.2 Å². The molecular weight excluding hydrogens is 167 g/mol. The molecule has 4 N–H and O–H groups in total. The molecule has 0 atom stereocenters. The fourth-order valence-electron chi connectivity index (χ4n) is 0.924. The van der Waals surface area contributed by atoms with E-state index in [1.807, 2.05) is 0 Å². The summed E-state index contributed by atoms with van der Waals surface area (Å²) in [4.78, 5) is 10.4. The zero-order valence-corrected chi connectivity index (χ0v) is 6.74. The summed E-state index contributed by atoms with van der Waals surface area (Å²) in [6, 6.07) is 4.34. The largest absolute Gasteiger partial charge is 0.477 e. The summed E-state index contributed by atoms with van der Waals surface area (Å²) < 4.78 is 0. The van der Waals surface area contributed by atoms with Crippen LogP contribution in [0.5, 0.6) is 0 Å². The minimum atomic E-state index is -1.31. The van der Waals surface area contributed by atoms with Gasteiger partial charge in [-0.1, -0.05) is 17.6 Å². The van der Waals surface area contributed by atoms with Crippen LogP contribution in [-0.2, 0) is 4.79 Å². The van der Waals surface area contributed by atoms with Crippen molar-refractivity contribution in [3.63, 3.8) is 0 Å². The van der Waals surface area contributed by atoms with E-state index in [9.17, 15) is 4.79 Å². The van der Waals surface area contributed by atoms with Crippen LogP contribution < -0.4 is 11.2 Å². The lowest BCUT2D eigenvalue weighted by atomic mass is 9.93. The van der Waals surface area contributed by atoms with Gasteiger partial charge in [0.05, 0.1) is 0 Å². The van der Waals surface area contributed by atoms with Crippen LogP contribution in [-0.4, -0.2) is 24.6 Å². The van der Waals surface area contributed by atoms with Crippen LogP contribution in [0.4, 0.5) is 5.69 Å². The summed E-state index contributed by atoms with van der Waals surface area (Å²) >= 11 is 0. The molecule has 13 heavy (non-hydrogen) atoms. The quantitative estimate of drug-likeness (QED) is 0.321. The highest BCUT2D eigenvalue weighted by Gasteiger charge is 2.12. The minimum Gasteiger partial charge on any atom is -0.477 e. The van der Waals surface area contributed by atoms with Crippen molar-refractivity contribution in [1.29, 1.82) is 5.41 Å². The number of carboxylic acid groups (broad SMARTS) is 1. The Hall–Kier alpha value is -1.78. The molecule has 0 saturated carbocycles. The highest BCUT2D eigenvalue weighted by molar-refractivity contribution is 6.42. The van der Waals surface area contributed by atoms with Crippen LogP contribution in [0.25, 0.3) is 0 Å². The van der Waals surface area contributed by atoms with Gasteiger partial charge < -0.3 is 10.8 Å². The van der Waals surface area contributed by atoms with E-state index in [1.165, 1.54) is 18.2 Å². The molecule has 1 rings (SSSR count). The molecule has 0 spiro atoms. The van der Waals surface area contributed by atoms with E-state index in [4.69, 9.17) is 24.1 Å². The Morgan fingerprint density at radius 2 is 2.15 bits per heavy atom. The van der Waals surface area contributed by atoms with E-state index >= 15 is 0 Å². The van der Waals surface area contributed by atoms with Gasteiger partial charge in [0.1, 0.15) is 13.6 Å². The van der Waals surface area contributed by atoms with E-state index in [0.29, 0.717) is 5.46 Å². The molecule has 64 valence electrons. The second kappa shape index (κ2) is 3.31. The van der Waals surface area contributed by atoms with Gasteiger partial charge in [-0.25, -0.2) is 4.79 Å². The first kappa shape index (κ1) is 9.31. The molecule has 0 saturated heterocycles. The lowest BCUT2D eigenvalue weighted by molar-refractivity contribution is -0.129. The van der Waals surface area contributed by atoms with Gasteiger partial charge in [-0.3, -0.25) is 5.41 Å². The standard InChI is InChI=1S/C8H7BN2O2/c9-4-1-2-5(6(10)3-4)7(11)8(12)13/h1-3,11H,10H2,(H,12,13). The molecule has 0 heterocycles. The second-order valence-electron chi connectivity index (χ2n) is 2.53. The summed E-state index contributed by atoms with van der Waals surface area (Å²) in [5.74, 6) is -1.31. The van der Waals surface area contributed by atoms with Crippen molar-refractivity contribution in [2.45, 2.75) is 0 Å². The van der Waals surface area contributed by atoms with E-state index in [-0.39, 0.29) is 11.3 Å². The van der Waals surface area contributed by atoms with Gasteiger partial charge in [-0.15, -0.1) is 0 Å². The molecule has 2 radical (unpaired) electrons. The smallest absolute Gasteiger partial charge is 0.354 e. The van der Waals surface area contributed by atoms with E-state index < -0.39 is 11.7 Å². The number of hydrogen-bond acceptors (Lipinski definition) is 3. The first-order chi connectivity index (χ1) is 6.02. The molecule has 0 aliphatic carbocycles. The maximum Gasteiger partial charge on any atom is 0.354 e. The molecule has 0 amide bonds. The molecule has 0 aromatic heterocycles. The monoisotopic (exact) mass is 174 g/mol. The molecule has 0 aliphatic rings. The Kier molecular flexibility index (Phi) is 2.37. The normalized spacial score (nSPS) is 9.54. The Labute approximate surface area is 76.3 Å². The molecule has 1 aromatic carbocycles. The van der Waals surface area contributed by atoms with Crippen molar-refractivity contribution in [3.8, 4) is 0 Å². The third-order valence-electron chi connectivity index (χ3n) is 1.56. The van der Waals surface area contributed by atoms with Crippen LogP contribution in [0, 0.1) is 5.41 Å². The fourth-order valence-corrected chi connectivity index (χ4v) is 0.924. The average Bonchev–Trinajstić information content (AvgIpc) is 2.03. The number of hydrogen-bond donors (Lipinski definition) is 3. The molecule has 1 aromatic rings. The highest BCUT2D eigenvalue weighted by Crippen LogP contribution is 2.09. The summed E-state index contributed by atoms with van der Waals surface area (Å²) in [5.41, 5.74) is 5.77. The molecular formula is C8H7BN2O2. The van der Waals surface area contributed by atoms with Crippen LogP contribution in [0.3, 0.4) is 0 Å². The number of carbonyl (C=O) groups is 1. The molecule has 0 unspecified atom stereocenters. The van der Waals surface area contributed by atoms with Crippen molar-refractivity contribution in [2.24, 2.45) is 0 Å². The fraction of sp³-hybridized carbons (Fsp3) is 0. The first-order valence-electron chi connectivity index (χ1n) is 3.49. The van der Waals surface area contributed by atoms with Crippen molar-refractivity contribution in [1.82, 2.24) is 0 Å². The lowest BCUT2D eigenvalue weighted by Crippen LogP contribution is -2.16. The number of rotatable bonds is 2. The SMILES string of the molecule is [B]c1ccc(C(=N)C(=O)O)c(N)c1. The minimum absolute atomic E-state index is 0.182. The Morgan fingerprint density at radius 3 is 2.62 bits per heavy atom. The van der Waals surface area contributed by atoms with Crippen molar-refractivity contribution in [2.75, 3.05) is 5.73 Å². The van der Waals surface area contributed by atoms with Gasteiger partial charge in [0.15, 0.2) is 0 Å². The Balaban J connectivity index is 3.16. The van der Waals surface area contributed by atoms with Crippen LogP contribution >= 0.6 is 0 Å². The average molecular weight is 174 g/mol. The summed E-state index contributed by atoms with van der Waals surface area (Å²) in [7, 11) is 5.41. The number of anilines is 1. The Bertz CT molecular complexity index is 376. The van der Waals surface area contributed by atoms with Gasteiger partial charge in [0.25, 0.3) is 0 Å². The molecule has 4 nitrogen and oxygen atoms in total. The van der Waals surface area contributed by atoms with Crippen LogP contribution in [0.1, 0.15) is 5.56 Å². The maximum absolute atomic E-state index is 10.4. The zero-order valence-electron chi connectivity index (χ0n) is 6.74. The Morgan fingerprint density at radius 1 is 1.54 bits per heavy atom. The summed E-state index contributed by atoms with van der Waals surface area (Å²) in [6.45, 7) is 0. The molecule has 0 aliphatic heterocycles. The summed E-state index contributed by atoms with van der Waals surface area (Å²) in [5, 5.41) is 15.7. The van der Waals surface area contributed by atoms with E-state index in [0.717, 1.165) is 0 Å². The molecule has 0 bridgehead atoms. The van der Waals surface area contributed by atoms with Crippen LogP contribution in [0.2, 0.25) is 0 Å². The highest BCUT2D eigenvalue weighted by atomic mass is 16.4. The zero-order chi connectivity index (χ0) is 10.0. The third-order valence-corrected chi connectivity index (χ3v) is 1.56. The lowest BCUT2D eigenvalue weighted by Gasteiger charge is -2.04. The number of nitrogens with one attached hydrogen (secondary N) is 1. The third kappa shape index (κ3) is 1.87. The second-order valence-corrected chi connectivity index (χ2v) is 2.53. The van der Waals surface area contributed by atoms with E-state index in [1.54, 1.807) is 0 Å². The van der Waals surface area contributed by atoms with E-state index in [2.05, 4.69) is 0 Å². The maximum atomic E-state index is 10.4. The van der Waals surface area contributed by atoms with Crippen molar-refractivity contribution >= 4 is 30.7 Å². The predicted molar refractivity (Wildman–Crippen MR) is 50.7 cm³/mol. The number of nitrogens with two attached hydrogens (primary N) is 1. The van der Waals surface area contributed by atoms with Gasteiger partial charge in [-0.2, -0.15) is 0 Å². The predicted octanol–water partition coefficient (Wildman–Crippen LogP) is -0.485. The van der Waals surface area contributed by atoms with Crippen molar-refractivity contribution in [3.05, 3.63) is 23.8 Å². The summed E-state index contributed by atoms with van der Waals surface area (Å²) in [6.07, 6.45) is 0. The molecule has 0 fully saturated rings. The number of nitrogen functional groups attached to an aromatic ring is 1. The van der Waals surface area contributed by atoms with Gasteiger partial charge >= 0.3 is 5.97 Å². The van der Waals surface area contributed by atoms with Crippen molar-refractivity contribution < 1.29 is 9.90 Å². The number of carboxylic acids is 1. The van der Waals surface area contributed by atoms with Crippen LogP contribution in [0.15, 0.2) is 18.2 Å². The van der Waals surface area contributed by atoms with Gasteiger partial charge in [0, 0.05) is 11.3 Å². The van der Waals surface area contributed by atoms with Gasteiger partial charge in [0.2, 0.25) is 0 Å². The molecule has 5 heteroatoms. The first-order valence-corrected chi connectivity index (χ1v) is 3.49. The number of aliphatic carboxylic acids is 1.